The number of nitrogens with two attached hydrogens (primary N) is 1. The predicted octanol–water partition coefficient (Wildman–Crippen LogP) is 1.79. The van der Waals surface area contributed by atoms with Gasteiger partial charge < -0.3 is 9.47 Å². The lowest BCUT2D eigenvalue weighted by Crippen LogP contribution is -2.21. The summed E-state index contributed by atoms with van der Waals surface area (Å²) in [5, 5.41) is 5.27. The number of hydrogen-bond donors (Lipinski definition) is 1. The number of benzene rings is 1. The molecular weight excluding hydrogens is 290 g/mol. The summed E-state index contributed by atoms with van der Waals surface area (Å²) in [6.45, 7) is 2.07. The number of halogens is 1. The Morgan fingerprint density at radius 1 is 1.37 bits per heavy atom. The smallest absolute Gasteiger partial charge is 0.238 e. The fourth-order valence-corrected chi connectivity index (χ4v) is 2.74. The fourth-order valence-electron chi connectivity index (χ4n) is 1.90. The molecule has 0 bridgehead atoms. The third kappa shape index (κ3) is 4.07. The molecule has 19 heavy (non-hydrogen) atoms. The quantitative estimate of drug-likeness (QED) is 0.920. The highest BCUT2D eigenvalue weighted by Gasteiger charge is 2.16. The Labute approximate surface area is 117 Å². The average Bonchev–Trinajstić information content (AvgIpc) is 2.37. The number of ether oxygens (including phenoxy) is 2. The summed E-state index contributed by atoms with van der Waals surface area (Å²) < 4.78 is 33.2. The van der Waals surface area contributed by atoms with Crippen molar-refractivity contribution < 1.29 is 17.9 Å². The number of primary sulfonamides is 1. The third-order valence-electron chi connectivity index (χ3n) is 3.05. The summed E-state index contributed by atoms with van der Waals surface area (Å²) in [6, 6.07) is 4.22. The molecular formula is C12H16ClNO4S. The summed E-state index contributed by atoms with van der Waals surface area (Å²) in [4.78, 5) is -0.0177. The van der Waals surface area contributed by atoms with Crippen molar-refractivity contribution in [2.75, 3.05) is 19.8 Å². The molecule has 1 aromatic rings. The molecule has 1 fully saturated rings. The van der Waals surface area contributed by atoms with E-state index in [2.05, 4.69) is 0 Å². The maximum atomic E-state index is 11.2. The lowest BCUT2D eigenvalue weighted by atomic mass is 10.0. The second kappa shape index (κ2) is 6.09. The summed E-state index contributed by atoms with van der Waals surface area (Å²) >= 11 is 5.98. The van der Waals surface area contributed by atoms with Crippen LogP contribution in [0.2, 0.25) is 5.02 Å². The first-order valence-electron chi connectivity index (χ1n) is 6.00. The van der Waals surface area contributed by atoms with Crippen LogP contribution in [0.15, 0.2) is 23.1 Å². The molecule has 0 atom stereocenters. The Hall–Kier alpha value is -0.820. The molecule has 0 radical (unpaired) electrons. The molecule has 1 saturated heterocycles. The van der Waals surface area contributed by atoms with Crippen LogP contribution >= 0.6 is 11.6 Å². The minimum Gasteiger partial charge on any atom is -0.492 e. The molecule has 2 rings (SSSR count). The lowest BCUT2D eigenvalue weighted by Gasteiger charge is -2.22. The van der Waals surface area contributed by atoms with Crippen molar-refractivity contribution in [3.8, 4) is 5.75 Å². The Kier molecular flexibility index (Phi) is 4.67. The van der Waals surface area contributed by atoms with Crippen molar-refractivity contribution >= 4 is 21.6 Å². The van der Waals surface area contributed by atoms with E-state index in [0.29, 0.717) is 18.3 Å². The zero-order valence-electron chi connectivity index (χ0n) is 10.3. The highest BCUT2D eigenvalue weighted by molar-refractivity contribution is 7.89. The maximum absolute atomic E-state index is 11.2. The number of sulfonamides is 1. The largest absolute Gasteiger partial charge is 0.492 e. The van der Waals surface area contributed by atoms with Gasteiger partial charge in [0.1, 0.15) is 5.75 Å². The molecule has 2 N–H and O–H groups in total. The van der Waals surface area contributed by atoms with E-state index >= 15 is 0 Å². The second-order valence-electron chi connectivity index (χ2n) is 4.50. The molecule has 5 nitrogen and oxygen atoms in total. The molecule has 1 aliphatic rings. The Morgan fingerprint density at radius 2 is 2.05 bits per heavy atom. The molecule has 1 aliphatic heterocycles. The van der Waals surface area contributed by atoms with E-state index in [1.165, 1.54) is 18.2 Å². The molecule has 0 unspecified atom stereocenters. The van der Waals surface area contributed by atoms with E-state index in [1.807, 2.05) is 0 Å². The minimum atomic E-state index is -3.73. The van der Waals surface area contributed by atoms with Gasteiger partial charge in [0.15, 0.2) is 0 Å². The van der Waals surface area contributed by atoms with Crippen LogP contribution in [-0.2, 0) is 14.8 Å². The van der Waals surface area contributed by atoms with Gasteiger partial charge in [0.05, 0.1) is 16.5 Å². The van der Waals surface area contributed by atoms with Crippen molar-refractivity contribution in [1.29, 1.82) is 0 Å². The van der Waals surface area contributed by atoms with Gasteiger partial charge in [0, 0.05) is 13.2 Å². The van der Waals surface area contributed by atoms with Crippen LogP contribution in [-0.4, -0.2) is 28.2 Å². The topological polar surface area (TPSA) is 78.6 Å². The van der Waals surface area contributed by atoms with Gasteiger partial charge >= 0.3 is 0 Å². The third-order valence-corrected chi connectivity index (χ3v) is 4.25. The SMILES string of the molecule is NS(=O)(=O)c1ccc(OCC2CCOCC2)c(Cl)c1. The van der Waals surface area contributed by atoms with Crippen LogP contribution in [0.25, 0.3) is 0 Å². The standard InChI is InChI=1S/C12H16ClNO4S/c13-11-7-10(19(14,15)16)1-2-12(11)18-8-9-3-5-17-6-4-9/h1-2,7,9H,3-6,8H2,(H2,14,15,16). The summed E-state index contributed by atoms with van der Waals surface area (Å²) in [5.74, 6) is 0.920. The Balaban J connectivity index is 2.01. The first-order chi connectivity index (χ1) is 8.97. The summed E-state index contributed by atoms with van der Waals surface area (Å²) in [7, 11) is -3.73. The van der Waals surface area contributed by atoms with Gasteiger partial charge in [-0.15, -0.1) is 0 Å². The molecule has 106 valence electrons. The van der Waals surface area contributed by atoms with Crippen molar-refractivity contribution in [2.24, 2.45) is 11.1 Å². The van der Waals surface area contributed by atoms with E-state index in [9.17, 15) is 8.42 Å². The molecule has 1 aromatic carbocycles. The van der Waals surface area contributed by atoms with E-state index in [4.69, 9.17) is 26.2 Å². The zero-order chi connectivity index (χ0) is 13.9. The highest BCUT2D eigenvalue weighted by atomic mass is 35.5. The van der Waals surface area contributed by atoms with Gasteiger partial charge in [0.2, 0.25) is 10.0 Å². The lowest BCUT2D eigenvalue weighted by molar-refractivity contribution is 0.0497. The van der Waals surface area contributed by atoms with Crippen molar-refractivity contribution in [2.45, 2.75) is 17.7 Å². The van der Waals surface area contributed by atoms with Crippen LogP contribution in [0.4, 0.5) is 0 Å². The molecule has 0 aliphatic carbocycles. The average molecular weight is 306 g/mol. The van der Waals surface area contributed by atoms with E-state index in [1.54, 1.807) is 0 Å². The van der Waals surface area contributed by atoms with Crippen LogP contribution in [0.1, 0.15) is 12.8 Å². The van der Waals surface area contributed by atoms with Gasteiger partial charge in [-0.1, -0.05) is 11.6 Å². The van der Waals surface area contributed by atoms with Gasteiger partial charge in [-0.05, 0) is 37.0 Å². The normalized spacial score (nSPS) is 17.4. The van der Waals surface area contributed by atoms with E-state index in [-0.39, 0.29) is 9.92 Å². The summed E-state index contributed by atoms with van der Waals surface area (Å²) in [5.41, 5.74) is 0. The Morgan fingerprint density at radius 3 is 2.63 bits per heavy atom. The monoisotopic (exact) mass is 305 g/mol. The molecule has 0 aromatic heterocycles. The van der Waals surface area contributed by atoms with E-state index < -0.39 is 10.0 Å². The van der Waals surface area contributed by atoms with Crippen molar-refractivity contribution in [1.82, 2.24) is 0 Å². The van der Waals surface area contributed by atoms with Crippen molar-refractivity contribution in [3.63, 3.8) is 0 Å². The minimum absolute atomic E-state index is 0.0177. The summed E-state index contributed by atoms with van der Waals surface area (Å²) in [6.07, 6.45) is 1.93. The second-order valence-corrected chi connectivity index (χ2v) is 6.47. The zero-order valence-corrected chi connectivity index (χ0v) is 11.9. The van der Waals surface area contributed by atoms with E-state index in [0.717, 1.165) is 26.1 Å². The number of hydrogen-bond acceptors (Lipinski definition) is 4. The van der Waals surface area contributed by atoms with Crippen LogP contribution in [0.5, 0.6) is 5.75 Å². The van der Waals surface area contributed by atoms with Gasteiger partial charge in [-0.3, -0.25) is 0 Å². The van der Waals surface area contributed by atoms with Crippen LogP contribution < -0.4 is 9.88 Å². The highest BCUT2D eigenvalue weighted by Crippen LogP contribution is 2.28. The first kappa shape index (κ1) is 14.6. The fraction of sp³-hybridized carbons (Fsp3) is 0.500. The predicted molar refractivity (Wildman–Crippen MR) is 71.9 cm³/mol. The molecule has 1 heterocycles. The van der Waals surface area contributed by atoms with Crippen LogP contribution in [0, 0.1) is 5.92 Å². The van der Waals surface area contributed by atoms with Gasteiger partial charge in [0.25, 0.3) is 0 Å². The molecule has 0 spiro atoms. The molecule has 7 heteroatoms. The molecule has 0 saturated carbocycles. The Bertz CT molecular complexity index is 541. The maximum Gasteiger partial charge on any atom is 0.238 e. The van der Waals surface area contributed by atoms with Gasteiger partial charge in [-0.2, -0.15) is 0 Å². The first-order valence-corrected chi connectivity index (χ1v) is 7.92. The molecule has 0 amide bonds. The number of rotatable bonds is 4. The van der Waals surface area contributed by atoms with Gasteiger partial charge in [-0.25, -0.2) is 13.6 Å². The van der Waals surface area contributed by atoms with Crippen LogP contribution in [0.3, 0.4) is 0 Å². The van der Waals surface area contributed by atoms with Crippen molar-refractivity contribution in [3.05, 3.63) is 23.2 Å².